The molecule has 0 unspecified atom stereocenters. The molecule has 0 saturated carbocycles. The van der Waals surface area contributed by atoms with Crippen molar-refractivity contribution < 1.29 is 4.79 Å². The summed E-state index contributed by atoms with van der Waals surface area (Å²) in [4.78, 5) is 29.1. The van der Waals surface area contributed by atoms with Crippen LogP contribution < -0.4 is 11.0 Å². The highest BCUT2D eigenvalue weighted by Crippen LogP contribution is 2.23. The molecule has 1 amide bonds. The Hall–Kier alpha value is -2.74. The zero-order valence-electron chi connectivity index (χ0n) is 15.2. The number of thiazole rings is 1. The first kappa shape index (κ1) is 18.1. The molecule has 3 aromatic rings. The number of hydrazone groups is 1. The largest absolute Gasteiger partial charge is 0.293 e. The van der Waals surface area contributed by atoms with E-state index >= 15 is 0 Å². The number of fused-ring (bicyclic) bond motifs is 1. The van der Waals surface area contributed by atoms with Gasteiger partial charge in [-0.1, -0.05) is 37.3 Å². The number of hydrogen-bond donors (Lipinski definition) is 2. The molecule has 0 aliphatic heterocycles. The summed E-state index contributed by atoms with van der Waals surface area (Å²) in [7, 11) is 0. The van der Waals surface area contributed by atoms with Gasteiger partial charge in [0, 0.05) is 12.1 Å². The zero-order valence-corrected chi connectivity index (χ0v) is 16.0. The number of carbonyl (C=O) groups excluding carboxylic acids is 1. The van der Waals surface area contributed by atoms with E-state index in [9.17, 15) is 9.59 Å². The van der Waals surface area contributed by atoms with Crippen LogP contribution in [0.25, 0.3) is 15.3 Å². The number of para-hydroxylation sites is 1. The monoisotopic (exact) mass is 371 g/mol. The molecular weight excluding hydrogens is 350 g/mol. The number of aromatic amines is 1. The third-order valence-corrected chi connectivity index (χ3v) is 4.87. The van der Waals surface area contributed by atoms with Crippen molar-refractivity contribution in [1.29, 1.82) is 0 Å². The summed E-state index contributed by atoms with van der Waals surface area (Å²) in [5.74, 6) is 0.0785. The van der Waals surface area contributed by atoms with Crippen molar-refractivity contribution in [2.24, 2.45) is 11.0 Å². The van der Waals surface area contributed by atoms with Crippen molar-refractivity contribution in [2.75, 3.05) is 0 Å². The lowest BCUT2D eigenvalue weighted by molar-refractivity contribution is -0.121. The second-order valence-corrected chi connectivity index (χ2v) is 7.56. The van der Waals surface area contributed by atoms with Crippen molar-refractivity contribution in [3.8, 4) is 5.13 Å². The van der Waals surface area contributed by atoms with Gasteiger partial charge in [-0.25, -0.2) is 10.4 Å². The summed E-state index contributed by atoms with van der Waals surface area (Å²) in [5, 5.41) is 7.71. The molecule has 0 fully saturated rings. The molecule has 0 radical (unpaired) electrons. The van der Waals surface area contributed by atoms with Crippen LogP contribution in [0.5, 0.6) is 0 Å². The number of hydrogen-bond acceptors (Lipinski definition) is 5. The number of benzene rings is 1. The minimum atomic E-state index is -0.235. The van der Waals surface area contributed by atoms with E-state index in [2.05, 4.69) is 20.6 Å². The van der Waals surface area contributed by atoms with Crippen molar-refractivity contribution in [3.05, 3.63) is 45.9 Å². The highest BCUT2D eigenvalue weighted by Gasteiger charge is 2.17. The van der Waals surface area contributed by atoms with Crippen LogP contribution in [0.3, 0.4) is 0 Å². The number of H-pyrrole nitrogens is 1. The van der Waals surface area contributed by atoms with Crippen molar-refractivity contribution >= 4 is 33.2 Å². The average molecular weight is 371 g/mol. The van der Waals surface area contributed by atoms with Gasteiger partial charge in [0.15, 0.2) is 0 Å². The number of aromatic nitrogens is 3. The van der Waals surface area contributed by atoms with E-state index in [1.54, 1.807) is 13.8 Å². The summed E-state index contributed by atoms with van der Waals surface area (Å²) in [6.07, 6.45) is 0.388. The Morgan fingerprint density at radius 1 is 1.38 bits per heavy atom. The van der Waals surface area contributed by atoms with Crippen molar-refractivity contribution in [2.45, 2.75) is 34.1 Å². The molecule has 7 nitrogen and oxygen atoms in total. The maximum absolute atomic E-state index is 12.8. The lowest BCUT2D eigenvalue weighted by atomic mass is 10.1. The third-order valence-electron chi connectivity index (χ3n) is 3.85. The van der Waals surface area contributed by atoms with E-state index in [1.807, 2.05) is 38.1 Å². The van der Waals surface area contributed by atoms with Gasteiger partial charge in [-0.3, -0.25) is 14.7 Å². The molecule has 0 saturated heterocycles. The molecule has 0 aliphatic rings. The van der Waals surface area contributed by atoms with Gasteiger partial charge in [-0.05, 0) is 31.9 Å². The van der Waals surface area contributed by atoms with E-state index in [1.165, 1.54) is 16.0 Å². The maximum Gasteiger partial charge on any atom is 0.282 e. The fourth-order valence-electron chi connectivity index (χ4n) is 2.68. The predicted octanol–water partition coefficient (Wildman–Crippen LogP) is 2.97. The van der Waals surface area contributed by atoms with Gasteiger partial charge in [0.1, 0.15) is 0 Å². The van der Waals surface area contributed by atoms with Crippen LogP contribution in [0.4, 0.5) is 0 Å². The minimum absolute atomic E-state index is 0.168. The molecule has 2 N–H and O–H groups in total. The first-order chi connectivity index (χ1) is 12.4. The number of aryl methyl sites for hydroxylation is 1. The van der Waals surface area contributed by atoms with Gasteiger partial charge in [-0.15, -0.1) is 0 Å². The van der Waals surface area contributed by atoms with E-state index in [-0.39, 0.29) is 17.4 Å². The first-order valence-corrected chi connectivity index (χ1v) is 9.19. The van der Waals surface area contributed by atoms with Crippen LogP contribution in [-0.2, 0) is 4.79 Å². The lowest BCUT2D eigenvalue weighted by Crippen LogP contribution is -2.24. The number of nitrogens with one attached hydrogen (secondary N) is 2. The fourth-order valence-corrected chi connectivity index (χ4v) is 3.61. The highest BCUT2D eigenvalue weighted by molar-refractivity contribution is 7.20. The molecule has 0 spiro atoms. The van der Waals surface area contributed by atoms with Gasteiger partial charge >= 0.3 is 0 Å². The topological polar surface area (TPSA) is 92.1 Å². The predicted molar refractivity (Wildman–Crippen MR) is 104 cm³/mol. The molecule has 0 aliphatic carbocycles. The maximum atomic E-state index is 12.8. The molecule has 26 heavy (non-hydrogen) atoms. The Balaban J connectivity index is 1.92. The second-order valence-electron chi connectivity index (χ2n) is 6.55. The summed E-state index contributed by atoms with van der Waals surface area (Å²) < 4.78 is 2.43. The molecule has 8 heteroatoms. The van der Waals surface area contributed by atoms with Crippen LogP contribution >= 0.6 is 11.3 Å². The van der Waals surface area contributed by atoms with Crippen molar-refractivity contribution in [1.82, 2.24) is 20.2 Å². The van der Waals surface area contributed by atoms with E-state index in [0.29, 0.717) is 28.5 Å². The van der Waals surface area contributed by atoms with Crippen molar-refractivity contribution in [3.63, 3.8) is 0 Å². The van der Waals surface area contributed by atoms with E-state index in [4.69, 9.17) is 0 Å². The Kier molecular flexibility index (Phi) is 5.03. The summed E-state index contributed by atoms with van der Waals surface area (Å²) in [5.41, 5.74) is 4.70. The first-order valence-electron chi connectivity index (χ1n) is 8.38. The van der Waals surface area contributed by atoms with E-state index < -0.39 is 0 Å². The van der Waals surface area contributed by atoms with Crippen LogP contribution in [0, 0.1) is 12.8 Å². The number of amides is 1. The van der Waals surface area contributed by atoms with Crippen LogP contribution in [0.1, 0.15) is 38.4 Å². The quantitative estimate of drug-likeness (QED) is 0.533. The third kappa shape index (κ3) is 3.60. The van der Waals surface area contributed by atoms with Gasteiger partial charge in [0.2, 0.25) is 11.0 Å². The van der Waals surface area contributed by atoms with Gasteiger partial charge < -0.3 is 0 Å². The molecule has 1 aromatic carbocycles. The smallest absolute Gasteiger partial charge is 0.282 e. The fraction of sp³-hybridized carbons (Fsp3) is 0.333. The number of carbonyl (C=O) groups is 1. The molecule has 136 valence electrons. The number of rotatable bonds is 5. The molecule has 3 rings (SSSR count). The summed E-state index contributed by atoms with van der Waals surface area (Å²) >= 11 is 1.43. The van der Waals surface area contributed by atoms with E-state index in [0.717, 1.165) is 10.2 Å². The molecule has 2 heterocycles. The summed E-state index contributed by atoms with van der Waals surface area (Å²) in [6.45, 7) is 7.43. The van der Waals surface area contributed by atoms with Crippen LogP contribution in [0.15, 0.2) is 34.2 Å². The highest BCUT2D eigenvalue weighted by atomic mass is 32.1. The standard InChI is InChI=1S/C18H21N5O2S/c1-10(2)9-15(24)21-20-11(3)16-12(4)22-23(17(16)25)18-19-13-7-5-6-8-14(13)26-18/h5-8,10,22H,9H2,1-4H3,(H,21,24). The normalized spacial score (nSPS) is 12.1. The Morgan fingerprint density at radius 3 is 2.81 bits per heavy atom. The van der Waals surface area contributed by atoms with Gasteiger partial charge in [-0.2, -0.15) is 9.78 Å². The van der Waals surface area contributed by atoms with Gasteiger partial charge in [0.25, 0.3) is 5.56 Å². The molecule has 0 bridgehead atoms. The Morgan fingerprint density at radius 2 is 2.12 bits per heavy atom. The van der Waals surface area contributed by atoms with Crippen LogP contribution in [-0.4, -0.2) is 26.4 Å². The Bertz CT molecular complexity index is 1010. The second kappa shape index (κ2) is 7.25. The molecule has 0 atom stereocenters. The lowest BCUT2D eigenvalue weighted by Gasteiger charge is -2.03. The number of nitrogens with zero attached hydrogens (tertiary/aromatic N) is 3. The average Bonchev–Trinajstić information content (AvgIpc) is 3.12. The SMILES string of the molecule is CC(=NNC(=O)CC(C)C)c1c(C)[nH]n(-c2nc3ccccc3s2)c1=O. The minimum Gasteiger partial charge on any atom is -0.293 e. The zero-order chi connectivity index (χ0) is 18.8. The molecular formula is C18H21N5O2S. The van der Waals surface area contributed by atoms with Crippen LogP contribution in [0.2, 0.25) is 0 Å². The Labute approximate surface area is 154 Å². The molecule has 2 aromatic heterocycles. The van der Waals surface area contributed by atoms with Gasteiger partial charge in [0.05, 0.1) is 21.5 Å². The summed E-state index contributed by atoms with van der Waals surface area (Å²) in [6, 6.07) is 7.73.